The van der Waals surface area contributed by atoms with Gasteiger partial charge in [0.25, 0.3) is 0 Å². The van der Waals surface area contributed by atoms with Crippen molar-refractivity contribution in [3.63, 3.8) is 0 Å². The molecule has 1 heterocycles. The maximum absolute atomic E-state index is 13.3. The molecule has 2 aromatic rings. The molecule has 0 aliphatic carbocycles. The zero-order chi connectivity index (χ0) is 19.8. The van der Waals surface area contributed by atoms with E-state index in [4.69, 9.17) is 21.7 Å². The van der Waals surface area contributed by atoms with Gasteiger partial charge in [-0.25, -0.2) is 4.39 Å². The Morgan fingerprint density at radius 1 is 1.11 bits per heavy atom. The third kappa shape index (κ3) is 5.89. The summed E-state index contributed by atoms with van der Waals surface area (Å²) in [6, 6.07) is 14.8. The Morgan fingerprint density at radius 3 is 2.43 bits per heavy atom. The van der Waals surface area contributed by atoms with Crippen molar-refractivity contribution in [1.82, 2.24) is 10.6 Å². The molecule has 3 N–H and O–H groups in total. The van der Waals surface area contributed by atoms with Gasteiger partial charge in [-0.1, -0.05) is 24.3 Å². The van der Waals surface area contributed by atoms with Gasteiger partial charge in [-0.2, -0.15) is 0 Å². The average molecular weight is 405 g/mol. The second-order valence-electron chi connectivity index (χ2n) is 6.79. The molecule has 0 unspecified atom stereocenters. The summed E-state index contributed by atoms with van der Waals surface area (Å²) in [6.07, 6.45) is 0. The highest BCUT2D eigenvalue weighted by atomic mass is 32.1. The summed E-state index contributed by atoms with van der Waals surface area (Å²) in [5.41, 5.74) is 2.22. The first-order chi connectivity index (χ1) is 13.7. The second-order valence-corrected chi connectivity index (χ2v) is 7.19. The standard InChI is InChI=1S/C21H26FN3O2S/c1-26-19-8-2-16(3-9-19)14-23-21(28)24-15-20(25-10-12-27-13-11-25)17-4-6-18(22)7-5-17/h2-9,20H,10-15H2,1H3,(H2,23,24,28)/p+1/t20-/m0/s1. The molecule has 0 saturated carbocycles. The first kappa shape index (κ1) is 20.5. The van der Waals surface area contributed by atoms with Crippen molar-refractivity contribution in [1.29, 1.82) is 0 Å². The number of ether oxygens (including phenoxy) is 2. The van der Waals surface area contributed by atoms with Crippen LogP contribution in [0.3, 0.4) is 0 Å². The molecule has 1 atom stereocenters. The Balaban J connectivity index is 1.55. The highest BCUT2D eigenvalue weighted by Crippen LogP contribution is 2.12. The molecule has 0 bridgehead atoms. The minimum Gasteiger partial charge on any atom is -0.497 e. The Kier molecular flexibility index (Phi) is 7.59. The molecule has 1 fully saturated rings. The van der Waals surface area contributed by atoms with E-state index in [1.807, 2.05) is 36.4 Å². The number of quaternary nitrogens is 1. The van der Waals surface area contributed by atoms with E-state index in [-0.39, 0.29) is 11.9 Å². The van der Waals surface area contributed by atoms with Crippen LogP contribution < -0.4 is 20.3 Å². The number of morpholine rings is 1. The van der Waals surface area contributed by atoms with Crippen molar-refractivity contribution >= 4 is 17.3 Å². The van der Waals surface area contributed by atoms with Crippen LogP contribution in [0, 0.1) is 5.82 Å². The third-order valence-corrected chi connectivity index (χ3v) is 5.27. The first-order valence-corrected chi connectivity index (χ1v) is 9.89. The van der Waals surface area contributed by atoms with E-state index in [0.717, 1.165) is 43.2 Å². The number of hydrogen-bond donors (Lipinski definition) is 3. The molecule has 5 nitrogen and oxygen atoms in total. The molecule has 0 radical (unpaired) electrons. The normalized spacial score (nSPS) is 15.6. The fourth-order valence-electron chi connectivity index (χ4n) is 3.36. The second kappa shape index (κ2) is 10.4. The lowest BCUT2D eigenvalue weighted by molar-refractivity contribution is -0.937. The summed E-state index contributed by atoms with van der Waals surface area (Å²) in [4.78, 5) is 1.42. The molecule has 1 aliphatic heterocycles. The van der Waals surface area contributed by atoms with Crippen LogP contribution in [0.5, 0.6) is 5.75 Å². The van der Waals surface area contributed by atoms with E-state index >= 15 is 0 Å². The average Bonchev–Trinajstić information content (AvgIpc) is 2.75. The summed E-state index contributed by atoms with van der Waals surface area (Å²) in [5, 5.41) is 7.17. The molecule has 0 spiro atoms. The van der Waals surface area contributed by atoms with Gasteiger partial charge in [-0.15, -0.1) is 0 Å². The molecule has 2 aromatic carbocycles. The van der Waals surface area contributed by atoms with Crippen LogP contribution in [0.2, 0.25) is 0 Å². The predicted molar refractivity (Wildman–Crippen MR) is 111 cm³/mol. The third-order valence-electron chi connectivity index (χ3n) is 4.98. The number of thiocarbonyl (C=S) groups is 1. The van der Waals surface area contributed by atoms with Gasteiger partial charge in [-0.3, -0.25) is 0 Å². The topological polar surface area (TPSA) is 47.0 Å². The van der Waals surface area contributed by atoms with Crippen molar-refractivity contribution in [2.75, 3.05) is 40.0 Å². The fraction of sp³-hybridized carbons (Fsp3) is 0.381. The van der Waals surface area contributed by atoms with Crippen molar-refractivity contribution in [3.8, 4) is 5.75 Å². The largest absolute Gasteiger partial charge is 0.497 e. The number of nitrogens with one attached hydrogen (secondary N) is 3. The van der Waals surface area contributed by atoms with Gasteiger partial charge in [-0.05, 0) is 42.0 Å². The Morgan fingerprint density at radius 2 is 1.79 bits per heavy atom. The molecule has 1 saturated heterocycles. The van der Waals surface area contributed by atoms with E-state index in [1.165, 1.54) is 17.0 Å². The lowest BCUT2D eigenvalue weighted by atomic mass is 10.0. The van der Waals surface area contributed by atoms with E-state index in [9.17, 15) is 4.39 Å². The minimum atomic E-state index is -0.218. The van der Waals surface area contributed by atoms with Crippen molar-refractivity contribution < 1.29 is 18.8 Å². The lowest BCUT2D eigenvalue weighted by Crippen LogP contribution is -3.15. The number of hydrogen-bond acceptors (Lipinski definition) is 3. The molecule has 1 aliphatic rings. The maximum Gasteiger partial charge on any atom is 0.166 e. The number of benzene rings is 2. The van der Waals surface area contributed by atoms with Crippen LogP contribution in [0.4, 0.5) is 4.39 Å². The number of rotatable bonds is 7. The monoisotopic (exact) mass is 404 g/mol. The van der Waals surface area contributed by atoms with Crippen molar-refractivity contribution in [2.45, 2.75) is 12.6 Å². The molecular weight excluding hydrogens is 377 g/mol. The molecule has 7 heteroatoms. The Hall–Kier alpha value is -2.22. The van der Waals surface area contributed by atoms with Gasteiger partial charge >= 0.3 is 0 Å². The van der Waals surface area contributed by atoms with Gasteiger partial charge in [0.1, 0.15) is 30.7 Å². The van der Waals surface area contributed by atoms with Gasteiger partial charge in [0.05, 0.1) is 26.9 Å². The van der Waals surface area contributed by atoms with Crippen LogP contribution in [0.15, 0.2) is 48.5 Å². The van der Waals surface area contributed by atoms with Crippen LogP contribution >= 0.6 is 12.2 Å². The van der Waals surface area contributed by atoms with Crippen molar-refractivity contribution in [2.24, 2.45) is 0 Å². The summed E-state index contributed by atoms with van der Waals surface area (Å²) < 4.78 is 24.0. The lowest BCUT2D eigenvalue weighted by Gasteiger charge is -2.32. The maximum atomic E-state index is 13.3. The minimum absolute atomic E-state index is 0.185. The number of methoxy groups -OCH3 is 1. The zero-order valence-corrected chi connectivity index (χ0v) is 16.9. The van der Waals surface area contributed by atoms with Crippen LogP contribution in [0.1, 0.15) is 17.2 Å². The highest BCUT2D eigenvalue weighted by Gasteiger charge is 2.26. The molecule has 0 aromatic heterocycles. The Labute approximate surface area is 170 Å². The van der Waals surface area contributed by atoms with Crippen molar-refractivity contribution in [3.05, 3.63) is 65.5 Å². The van der Waals surface area contributed by atoms with Crippen LogP contribution in [0.25, 0.3) is 0 Å². The molecule has 28 heavy (non-hydrogen) atoms. The molecule has 0 amide bonds. The first-order valence-electron chi connectivity index (χ1n) is 9.48. The summed E-state index contributed by atoms with van der Waals surface area (Å²) >= 11 is 5.45. The fourth-order valence-corrected chi connectivity index (χ4v) is 3.51. The van der Waals surface area contributed by atoms with E-state index in [0.29, 0.717) is 18.2 Å². The highest BCUT2D eigenvalue weighted by molar-refractivity contribution is 7.80. The van der Waals surface area contributed by atoms with Gasteiger partial charge < -0.3 is 25.0 Å². The number of halogens is 1. The smallest absolute Gasteiger partial charge is 0.166 e. The summed E-state index contributed by atoms with van der Waals surface area (Å²) in [6.45, 7) is 4.66. The Bertz CT molecular complexity index is 749. The van der Waals surface area contributed by atoms with Gasteiger partial charge in [0.15, 0.2) is 5.11 Å². The van der Waals surface area contributed by atoms with E-state index in [1.54, 1.807) is 7.11 Å². The quantitative estimate of drug-likeness (QED) is 0.610. The molecule has 3 rings (SSSR count). The van der Waals surface area contributed by atoms with E-state index in [2.05, 4.69) is 10.6 Å². The predicted octanol–water partition coefficient (Wildman–Crippen LogP) is 1.45. The van der Waals surface area contributed by atoms with Crippen LogP contribution in [-0.2, 0) is 11.3 Å². The summed E-state index contributed by atoms with van der Waals surface area (Å²) in [7, 11) is 1.65. The van der Waals surface area contributed by atoms with Gasteiger partial charge in [0, 0.05) is 12.1 Å². The van der Waals surface area contributed by atoms with E-state index < -0.39 is 0 Å². The van der Waals surface area contributed by atoms with Crippen LogP contribution in [-0.4, -0.2) is 45.1 Å². The van der Waals surface area contributed by atoms with Gasteiger partial charge in [0.2, 0.25) is 0 Å². The molecular formula is C21H27FN3O2S+. The SMILES string of the molecule is COc1ccc(CNC(=S)NC[C@@H](c2ccc(F)cc2)[NH+]2CCOCC2)cc1. The zero-order valence-electron chi connectivity index (χ0n) is 16.0. The summed E-state index contributed by atoms with van der Waals surface area (Å²) in [5.74, 6) is 0.615. The molecule has 150 valence electrons.